The number of carbonyl (C=O) groups excluding carboxylic acids is 1. The number of rotatable bonds is 3. The monoisotopic (exact) mass is 407 g/mol. The Morgan fingerprint density at radius 2 is 1.87 bits per heavy atom. The molecular formula is C24H25NO5. The van der Waals surface area contributed by atoms with E-state index in [0.29, 0.717) is 26.4 Å². The lowest BCUT2D eigenvalue weighted by molar-refractivity contribution is -0.0342. The third-order valence-corrected chi connectivity index (χ3v) is 5.73. The number of fused-ring (bicyclic) bond motifs is 3. The maximum Gasteiger partial charge on any atom is 0.411 e. The fourth-order valence-electron chi connectivity index (χ4n) is 4.25. The molecule has 3 aliphatic heterocycles. The van der Waals surface area contributed by atoms with E-state index in [1.165, 1.54) is 5.57 Å². The summed E-state index contributed by atoms with van der Waals surface area (Å²) in [6.07, 6.45) is 3.44. The summed E-state index contributed by atoms with van der Waals surface area (Å²) < 4.78 is 22.9. The Morgan fingerprint density at radius 3 is 2.70 bits per heavy atom. The van der Waals surface area contributed by atoms with Crippen molar-refractivity contribution < 1.29 is 23.7 Å². The van der Waals surface area contributed by atoms with Gasteiger partial charge in [-0.3, -0.25) is 4.90 Å². The van der Waals surface area contributed by atoms with Gasteiger partial charge in [-0.2, -0.15) is 0 Å². The molecule has 0 spiro atoms. The van der Waals surface area contributed by atoms with Crippen LogP contribution < -0.4 is 9.47 Å². The second-order valence-corrected chi connectivity index (χ2v) is 7.81. The van der Waals surface area contributed by atoms with Gasteiger partial charge < -0.3 is 18.9 Å². The Kier molecular flexibility index (Phi) is 5.32. The van der Waals surface area contributed by atoms with Crippen molar-refractivity contribution in [2.45, 2.75) is 31.5 Å². The minimum absolute atomic E-state index is 0.0389. The number of amides is 1. The Balaban J connectivity index is 1.33. The van der Waals surface area contributed by atoms with Crippen molar-refractivity contribution in [3.05, 3.63) is 65.7 Å². The van der Waals surface area contributed by atoms with Crippen molar-refractivity contribution >= 4 is 11.7 Å². The van der Waals surface area contributed by atoms with Crippen molar-refractivity contribution in [2.24, 2.45) is 0 Å². The second kappa shape index (κ2) is 8.40. The zero-order valence-corrected chi connectivity index (χ0v) is 16.8. The van der Waals surface area contributed by atoms with E-state index in [9.17, 15) is 4.79 Å². The van der Waals surface area contributed by atoms with Gasteiger partial charge in [0.25, 0.3) is 0 Å². The lowest BCUT2D eigenvalue weighted by Crippen LogP contribution is -2.56. The minimum atomic E-state index is -0.286. The first-order valence-corrected chi connectivity index (χ1v) is 10.5. The first-order chi connectivity index (χ1) is 14.8. The third kappa shape index (κ3) is 3.87. The van der Waals surface area contributed by atoms with Crippen molar-refractivity contribution in [3.8, 4) is 11.5 Å². The maximum absolute atomic E-state index is 12.8. The number of hydrogen-bond donors (Lipinski definition) is 0. The highest BCUT2D eigenvalue weighted by atomic mass is 16.6. The summed E-state index contributed by atoms with van der Waals surface area (Å²) in [5.41, 5.74) is 3.29. The van der Waals surface area contributed by atoms with Gasteiger partial charge in [-0.15, -0.1) is 0 Å². The first-order valence-electron chi connectivity index (χ1n) is 10.5. The van der Waals surface area contributed by atoms with Crippen molar-refractivity contribution in [1.82, 2.24) is 4.90 Å². The van der Waals surface area contributed by atoms with Gasteiger partial charge in [0, 0.05) is 6.42 Å². The molecule has 6 nitrogen and oxygen atoms in total. The molecule has 3 aliphatic rings. The predicted molar refractivity (Wildman–Crippen MR) is 112 cm³/mol. The average Bonchev–Trinajstić information content (AvgIpc) is 3.02. The molecule has 0 N–H and O–H groups in total. The molecule has 156 valence electrons. The lowest BCUT2D eigenvalue weighted by atomic mass is 9.90. The molecule has 0 saturated carbocycles. The van der Waals surface area contributed by atoms with Gasteiger partial charge >= 0.3 is 6.09 Å². The van der Waals surface area contributed by atoms with Gasteiger partial charge in [0.05, 0.1) is 38.5 Å². The van der Waals surface area contributed by atoms with E-state index in [1.54, 1.807) is 0 Å². The molecule has 1 fully saturated rings. The summed E-state index contributed by atoms with van der Waals surface area (Å²) in [6, 6.07) is 15.7. The molecule has 1 amide bonds. The van der Waals surface area contributed by atoms with Crippen molar-refractivity contribution in [3.63, 3.8) is 0 Å². The van der Waals surface area contributed by atoms with Crippen LogP contribution in [0.1, 0.15) is 24.0 Å². The predicted octanol–water partition coefficient (Wildman–Crippen LogP) is 4.04. The van der Waals surface area contributed by atoms with Crippen LogP contribution >= 0.6 is 0 Å². The van der Waals surface area contributed by atoms with E-state index in [0.717, 1.165) is 35.5 Å². The number of benzene rings is 2. The Morgan fingerprint density at radius 1 is 1.03 bits per heavy atom. The molecule has 2 bridgehead atoms. The first kappa shape index (κ1) is 19.0. The summed E-state index contributed by atoms with van der Waals surface area (Å²) >= 11 is 0. The quantitative estimate of drug-likeness (QED) is 0.769. The van der Waals surface area contributed by atoms with E-state index in [4.69, 9.17) is 18.9 Å². The lowest BCUT2D eigenvalue weighted by Gasteiger charge is -2.43. The number of nitrogens with zero attached hydrogens (tertiary/aromatic N) is 1. The molecular weight excluding hydrogens is 382 g/mol. The van der Waals surface area contributed by atoms with Crippen LogP contribution in [-0.2, 0) is 16.1 Å². The van der Waals surface area contributed by atoms with Gasteiger partial charge in [-0.05, 0) is 35.3 Å². The van der Waals surface area contributed by atoms with Gasteiger partial charge in [0.2, 0.25) is 0 Å². The second-order valence-electron chi connectivity index (χ2n) is 7.81. The SMILES string of the molecule is O=C(OCc1ccccc1)N1C2C=C(c3ccc4c(c3)OCCCO4)CC1COC2. The van der Waals surface area contributed by atoms with Crippen LogP contribution in [-0.4, -0.2) is 49.5 Å². The Hall–Kier alpha value is -2.99. The van der Waals surface area contributed by atoms with Crippen LogP contribution in [0.25, 0.3) is 5.57 Å². The molecule has 3 heterocycles. The molecule has 2 unspecified atom stereocenters. The molecule has 0 radical (unpaired) electrons. The molecule has 0 aromatic heterocycles. The molecule has 2 aromatic rings. The number of carbonyl (C=O) groups is 1. The van der Waals surface area contributed by atoms with E-state index in [1.807, 2.05) is 47.4 Å². The zero-order valence-electron chi connectivity index (χ0n) is 16.8. The Bertz CT molecular complexity index is 942. The largest absolute Gasteiger partial charge is 0.490 e. The summed E-state index contributed by atoms with van der Waals surface area (Å²) in [5, 5.41) is 0. The van der Waals surface area contributed by atoms with Crippen LogP contribution in [0.5, 0.6) is 11.5 Å². The molecule has 6 heteroatoms. The van der Waals surface area contributed by atoms with E-state index in [2.05, 4.69) is 12.1 Å². The normalized spacial score (nSPS) is 22.7. The standard InChI is InChI=1S/C24H25NO5/c26-24(30-14-17-5-2-1-3-6-17)25-20-11-19(12-21(25)16-27-15-20)18-7-8-22-23(13-18)29-10-4-9-28-22/h1-3,5-8,11,13,20-21H,4,9-10,12,14-16H2. The maximum atomic E-state index is 12.8. The molecule has 0 aliphatic carbocycles. The van der Waals surface area contributed by atoms with Gasteiger partial charge in [-0.1, -0.05) is 42.5 Å². The van der Waals surface area contributed by atoms with E-state index >= 15 is 0 Å². The molecule has 1 saturated heterocycles. The van der Waals surface area contributed by atoms with Gasteiger partial charge in [-0.25, -0.2) is 4.79 Å². The fourth-order valence-corrected chi connectivity index (χ4v) is 4.25. The van der Waals surface area contributed by atoms with Crippen LogP contribution in [0.15, 0.2) is 54.6 Å². The molecule has 2 aromatic carbocycles. The zero-order chi connectivity index (χ0) is 20.3. The smallest absolute Gasteiger partial charge is 0.411 e. The van der Waals surface area contributed by atoms with Crippen LogP contribution in [0.3, 0.4) is 0 Å². The molecule has 2 atom stereocenters. The van der Waals surface area contributed by atoms with Crippen molar-refractivity contribution in [1.29, 1.82) is 0 Å². The van der Waals surface area contributed by atoms with Crippen molar-refractivity contribution in [2.75, 3.05) is 26.4 Å². The third-order valence-electron chi connectivity index (χ3n) is 5.73. The van der Waals surface area contributed by atoms with Crippen LogP contribution in [0.4, 0.5) is 4.79 Å². The highest BCUT2D eigenvalue weighted by molar-refractivity contribution is 5.75. The average molecular weight is 407 g/mol. The number of ether oxygens (including phenoxy) is 4. The molecule has 30 heavy (non-hydrogen) atoms. The topological polar surface area (TPSA) is 57.2 Å². The van der Waals surface area contributed by atoms with Crippen LogP contribution in [0, 0.1) is 0 Å². The Labute approximate surface area is 176 Å². The van der Waals surface area contributed by atoms with E-state index < -0.39 is 0 Å². The summed E-state index contributed by atoms with van der Waals surface area (Å²) in [7, 11) is 0. The van der Waals surface area contributed by atoms with Crippen LogP contribution in [0.2, 0.25) is 0 Å². The minimum Gasteiger partial charge on any atom is -0.490 e. The van der Waals surface area contributed by atoms with Gasteiger partial charge in [0.1, 0.15) is 6.61 Å². The highest BCUT2D eigenvalue weighted by Crippen LogP contribution is 2.37. The number of hydrogen-bond acceptors (Lipinski definition) is 5. The highest BCUT2D eigenvalue weighted by Gasteiger charge is 2.39. The molecule has 5 rings (SSSR count). The number of morpholine rings is 1. The van der Waals surface area contributed by atoms with E-state index in [-0.39, 0.29) is 24.8 Å². The summed E-state index contributed by atoms with van der Waals surface area (Å²) in [5.74, 6) is 1.58. The summed E-state index contributed by atoms with van der Waals surface area (Å²) in [6.45, 7) is 2.60. The van der Waals surface area contributed by atoms with Gasteiger partial charge in [0.15, 0.2) is 11.5 Å². The summed E-state index contributed by atoms with van der Waals surface area (Å²) in [4.78, 5) is 14.7. The fraction of sp³-hybridized carbons (Fsp3) is 0.375.